The second-order valence-electron chi connectivity index (χ2n) is 8.79. The predicted octanol–water partition coefficient (Wildman–Crippen LogP) is 6.07. The zero-order valence-electron chi connectivity index (χ0n) is 14.9. The first kappa shape index (κ1) is 18.9. The van der Waals surface area contributed by atoms with E-state index in [1.807, 2.05) is 43.2 Å². The van der Waals surface area contributed by atoms with Crippen LogP contribution in [0.15, 0.2) is 0 Å². The van der Waals surface area contributed by atoms with Gasteiger partial charge in [0.05, 0.1) is 21.7 Å². The maximum Gasteiger partial charge on any atom is 0.148 e. The Labute approximate surface area is 158 Å². The summed E-state index contributed by atoms with van der Waals surface area (Å²) in [5.41, 5.74) is -1.39. The number of Topliss-reactive ketones (excluding diaryl/α,β-unsaturated/α-hetero) is 2. The molecule has 3 aliphatic rings. The molecule has 0 N–H and O–H groups in total. The minimum absolute atomic E-state index is 0.159. The van der Waals surface area contributed by atoms with Crippen molar-refractivity contribution in [3.8, 4) is 0 Å². The van der Waals surface area contributed by atoms with E-state index in [4.69, 9.17) is 0 Å². The van der Waals surface area contributed by atoms with Crippen molar-refractivity contribution in [2.45, 2.75) is 63.5 Å². The van der Waals surface area contributed by atoms with Crippen LogP contribution in [0, 0.1) is 21.7 Å². The molecule has 0 radical (unpaired) electrons. The third-order valence-electron chi connectivity index (χ3n) is 6.14. The molecule has 2 aliphatic carbocycles. The van der Waals surface area contributed by atoms with E-state index in [0.29, 0.717) is 11.6 Å². The summed E-state index contributed by atoms with van der Waals surface area (Å²) in [4.78, 5) is 25.3. The van der Waals surface area contributed by atoms with Crippen LogP contribution >= 0.6 is 53.0 Å². The molecule has 23 heavy (non-hydrogen) atoms. The fourth-order valence-corrected chi connectivity index (χ4v) is 20.3. The first-order valence-electron chi connectivity index (χ1n) is 7.72. The number of hydrogen-bond donors (Lipinski definition) is 0. The first-order valence-corrected chi connectivity index (χ1v) is 13.4. The molecule has 0 unspecified atom stereocenters. The summed E-state index contributed by atoms with van der Waals surface area (Å²) in [6.45, 7) is 16.6. The number of rotatable bonds is 0. The molecule has 0 aromatic carbocycles. The molecule has 3 fully saturated rings. The number of hydrogen-bond acceptors (Lipinski definition) is 7. The molecule has 2 saturated carbocycles. The van der Waals surface area contributed by atoms with Gasteiger partial charge in [0.15, 0.2) is 0 Å². The number of carbonyl (C=O) groups excluding carboxylic acids is 2. The lowest BCUT2D eigenvalue weighted by atomic mass is 9.53. The Hall–Kier alpha value is 1.09. The quantitative estimate of drug-likeness (QED) is 0.450. The SMILES string of the molecule is CC1(C)C(=O)C(C)(C)C12SSSC1(SS2)C(C)(C)C(=O)C1(C)C. The van der Waals surface area contributed by atoms with Gasteiger partial charge in [-0.05, 0) is 9.83 Å². The van der Waals surface area contributed by atoms with Gasteiger partial charge >= 0.3 is 0 Å². The summed E-state index contributed by atoms with van der Waals surface area (Å²) >= 11 is 0. The highest BCUT2D eigenvalue weighted by Gasteiger charge is 2.79. The first-order chi connectivity index (χ1) is 10.2. The minimum Gasteiger partial charge on any atom is -0.298 e. The topological polar surface area (TPSA) is 34.1 Å². The highest BCUT2D eigenvalue weighted by molar-refractivity contribution is 9.13. The molecule has 2 spiro atoms. The fourth-order valence-electron chi connectivity index (χ4n) is 4.69. The van der Waals surface area contributed by atoms with E-state index in [1.54, 1.807) is 9.83 Å². The van der Waals surface area contributed by atoms with Gasteiger partial charge in [-0.25, -0.2) is 0 Å². The van der Waals surface area contributed by atoms with Crippen molar-refractivity contribution in [2.24, 2.45) is 21.7 Å². The summed E-state index contributed by atoms with van der Waals surface area (Å²) < 4.78 is -0.318. The standard InChI is InChI=1S/C16H24O2S5/c1-11(2)9(17)12(3,4)15(11)19-20-16(22-23-21-15)13(5,6)10(18)14(16,7)8/h1-8H3. The molecule has 1 saturated heterocycles. The Kier molecular flexibility index (Phi) is 4.00. The van der Waals surface area contributed by atoms with Gasteiger partial charge in [0.1, 0.15) is 19.7 Å². The van der Waals surface area contributed by atoms with E-state index in [0.717, 1.165) is 0 Å². The van der Waals surface area contributed by atoms with Gasteiger partial charge < -0.3 is 0 Å². The molecule has 7 heteroatoms. The monoisotopic (exact) mass is 408 g/mol. The molecule has 2 nitrogen and oxygen atoms in total. The molecule has 0 atom stereocenters. The largest absolute Gasteiger partial charge is 0.298 e. The number of carbonyl (C=O) groups is 2. The molecule has 130 valence electrons. The van der Waals surface area contributed by atoms with Crippen LogP contribution in [0.2, 0.25) is 0 Å². The van der Waals surface area contributed by atoms with E-state index in [-0.39, 0.29) is 29.8 Å². The summed E-state index contributed by atoms with van der Waals surface area (Å²) in [6, 6.07) is 0. The van der Waals surface area contributed by atoms with Gasteiger partial charge in [-0.15, -0.1) is 0 Å². The van der Waals surface area contributed by atoms with Crippen molar-refractivity contribution in [2.75, 3.05) is 0 Å². The van der Waals surface area contributed by atoms with Gasteiger partial charge in [0.2, 0.25) is 0 Å². The van der Waals surface area contributed by atoms with E-state index in [1.165, 1.54) is 0 Å². The van der Waals surface area contributed by atoms with Gasteiger partial charge in [-0.2, -0.15) is 0 Å². The van der Waals surface area contributed by atoms with Crippen molar-refractivity contribution in [3.63, 3.8) is 0 Å². The fraction of sp³-hybridized carbons (Fsp3) is 0.875. The van der Waals surface area contributed by atoms with E-state index < -0.39 is 0 Å². The van der Waals surface area contributed by atoms with Crippen molar-refractivity contribution < 1.29 is 9.59 Å². The Bertz CT molecular complexity index is 518. The maximum atomic E-state index is 12.6. The minimum atomic E-state index is -0.347. The third kappa shape index (κ3) is 1.77. The van der Waals surface area contributed by atoms with E-state index >= 15 is 0 Å². The maximum absolute atomic E-state index is 12.6. The van der Waals surface area contributed by atoms with Crippen molar-refractivity contribution >= 4 is 64.6 Å². The molecule has 1 aliphatic heterocycles. The lowest BCUT2D eigenvalue weighted by molar-refractivity contribution is -0.153. The Morgan fingerprint density at radius 1 is 0.522 bits per heavy atom. The Balaban J connectivity index is 1.99. The van der Waals surface area contributed by atoms with Crippen LogP contribution in [0.5, 0.6) is 0 Å². The van der Waals surface area contributed by atoms with Gasteiger partial charge in [-0.3, -0.25) is 9.59 Å². The molecular formula is C16H24O2S5. The molecule has 3 rings (SSSR count). The Morgan fingerprint density at radius 3 is 1.04 bits per heavy atom. The molecular weight excluding hydrogens is 385 g/mol. The highest BCUT2D eigenvalue weighted by atomic mass is 33.5. The van der Waals surface area contributed by atoms with Crippen LogP contribution < -0.4 is 0 Å². The lowest BCUT2D eigenvalue weighted by Crippen LogP contribution is -2.71. The second-order valence-corrected chi connectivity index (χ2v) is 16.2. The molecule has 0 amide bonds. The third-order valence-corrected chi connectivity index (χ3v) is 18.5. The summed E-state index contributed by atoms with van der Waals surface area (Å²) in [6.07, 6.45) is 0. The average molecular weight is 409 g/mol. The molecule has 0 aromatic heterocycles. The van der Waals surface area contributed by atoms with Crippen LogP contribution in [0.3, 0.4) is 0 Å². The summed E-state index contributed by atoms with van der Waals surface area (Å²) in [5.74, 6) is 0.686. The van der Waals surface area contributed by atoms with Crippen molar-refractivity contribution in [1.29, 1.82) is 0 Å². The van der Waals surface area contributed by atoms with Crippen LogP contribution in [0.1, 0.15) is 55.4 Å². The van der Waals surface area contributed by atoms with Gasteiger partial charge in [0.25, 0.3) is 0 Å². The second kappa shape index (κ2) is 4.87. The van der Waals surface area contributed by atoms with Crippen LogP contribution in [0.4, 0.5) is 0 Å². The molecule has 0 aromatic rings. The van der Waals surface area contributed by atoms with E-state index in [9.17, 15) is 9.59 Å². The van der Waals surface area contributed by atoms with Gasteiger partial charge in [0, 0.05) is 0 Å². The summed E-state index contributed by atoms with van der Waals surface area (Å²) in [5, 5.41) is 0. The number of ketones is 2. The van der Waals surface area contributed by atoms with Gasteiger partial charge in [-0.1, -0.05) is 98.6 Å². The van der Waals surface area contributed by atoms with Crippen LogP contribution in [-0.2, 0) is 9.59 Å². The van der Waals surface area contributed by atoms with Crippen molar-refractivity contribution in [1.82, 2.24) is 0 Å². The molecule has 1 heterocycles. The van der Waals surface area contributed by atoms with E-state index in [2.05, 4.69) is 55.4 Å². The van der Waals surface area contributed by atoms with Crippen LogP contribution in [0.25, 0.3) is 0 Å². The average Bonchev–Trinajstić information content (AvgIpc) is 2.68. The zero-order valence-corrected chi connectivity index (χ0v) is 18.9. The zero-order chi connectivity index (χ0) is 17.7. The normalized spacial score (nSPS) is 34.6. The molecule has 0 bridgehead atoms. The lowest BCUT2D eigenvalue weighted by Gasteiger charge is -2.65. The smallest absolute Gasteiger partial charge is 0.148 e. The Morgan fingerprint density at radius 2 is 0.783 bits per heavy atom. The predicted molar refractivity (Wildman–Crippen MR) is 109 cm³/mol. The van der Waals surface area contributed by atoms with Crippen molar-refractivity contribution in [3.05, 3.63) is 0 Å². The highest BCUT2D eigenvalue weighted by Crippen LogP contribution is 2.85. The van der Waals surface area contributed by atoms with Crippen LogP contribution in [-0.4, -0.2) is 19.7 Å². The summed E-state index contributed by atoms with van der Waals surface area (Å²) in [7, 11) is 9.14.